The molecule has 0 heterocycles. The van der Waals surface area contributed by atoms with Crippen molar-refractivity contribution in [3.05, 3.63) is 0 Å². The van der Waals surface area contributed by atoms with Gasteiger partial charge < -0.3 is 5.32 Å². The normalized spacial score (nSPS) is 14.7. The first kappa shape index (κ1) is 17.9. The van der Waals surface area contributed by atoms with Gasteiger partial charge in [0.25, 0.3) is 0 Å². The van der Waals surface area contributed by atoms with E-state index in [0.717, 1.165) is 6.42 Å². The number of rotatable bonds is 10. The molecule has 110 valence electrons. The fraction of sp³-hybridized carbons (Fsp3) is 1.00. The van der Waals surface area contributed by atoms with Crippen LogP contribution in [0.25, 0.3) is 0 Å². The SMILES string of the molecule is CCCCCCCC(C)NCC(C)(C)S(C)(=O)=O. The van der Waals surface area contributed by atoms with Gasteiger partial charge in [-0.15, -0.1) is 0 Å². The van der Waals surface area contributed by atoms with E-state index in [9.17, 15) is 8.42 Å². The van der Waals surface area contributed by atoms with Gasteiger partial charge in [-0.3, -0.25) is 0 Å². The second-order valence-corrected chi connectivity index (χ2v) is 8.67. The van der Waals surface area contributed by atoms with E-state index in [1.807, 2.05) is 0 Å². The van der Waals surface area contributed by atoms with Crippen molar-refractivity contribution in [2.75, 3.05) is 12.8 Å². The summed E-state index contributed by atoms with van der Waals surface area (Å²) in [5, 5.41) is 3.34. The number of hydrogen-bond donors (Lipinski definition) is 1. The predicted molar refractivity (Wildman–Crippen MR) is 79.8 cm³/mol. The lowest BCUT2D eigenvalue weighted by atomic mass is 10.1. The van der Waals surface area contributed by atoms with Gasteiger partial charge in [-0.2, -0.15) is 0 Å². The van der Waals surface area contributed by atoms with Gasteiger partial charge in [0.05, 0.1) is 4.75 Å². The van der Waals surface area contributed by atoms with Crippen LogP contribution in [0.2, 0.25) is 0 Å². The van der Waals surface area contributed by atoms with Gasteiger partial charge in [0.2, 0.25) is 0 Å². The lowest BCUT2D eigenvalue weighted by Gasteiger charge is -2.25. The molecule has 0 aliphatic carbocycles. The zero-order valence-electron chi connectivity index (χ0n) is 12.8. The lowest BCUT2D eigenvalue weighted by Crippen LogP contribution is -2.44. The standard InChI is InChI=1S/C14H31NO2S/c1-6-7-8-9-10-11-13(2)15-12-14(3,4)18(5,16)17/h13,15H,6-12H2,1-5H3. The first-order chi connectivity index (χ1) is 8.20. The van der Waals surface area contributed by atoms with Crippen molar-refractivity contribution in [2.45, 2.75) is 77.0 Å². The third kappa shape index (κ3) is 7.37. The molecular weight excluding hydrogens is 246 g/mol. The maximum Gasteiger partial charge on any atom is 0.153 e. The third-order valence-corrected chi connectivity index (χ3v) is 5.77. The molecule has 0 aromatic rings. The minimum atomic E-state index is -2.99. The fourth-order valence-electron chi connectivity index (χ4n) is 1.71. The van der Waals surface area contributed by atoms with Crippen LogP contribution in [0.1, 0.15) is 66.2 Å². The molecule has 0 aromatic carbocycles. The molecule has 1 unspecified atom stereocenters. The summed E-state index contributed by atoms with van der Waals surface area (Å²) in [6.45, 7) is 8.45. The van der Waals surface area contributed by atoms with Gasteiger partial charge in [-0.1, -0.05) is 39.0 Å². The molecule has 0 fully saturated rings. The maximum absolute atomic E-state index is 11.6. The molecule has 0 bridgehead atoms. The predicted octanol–water partition coefficient (Wildman–Crippen LogP) is 3.15. The minimum Gasteiger partial charge on any atom is -0.313 e. The molecule has 0 aliphatic heterocycles. The molecule has 0 aromatic heterocycles. The Labute approximate surface area is 114 Å². The van der Waals surface area contributed by atoms with E-state index in [2.05, 4.69) is 19.2 Å². The molecule has 0 spiro atoms. The summed E-state index contributed by atoms with van der Waals surface area (Å²) >= 11 is 0. The molecule has 0 amide bonds. The average Bonchev–Trinajstić information content (AvgIpc) is 2.24. The molecular formula is C14H31NO2S. The highest BCUT2D eigenvalue weighted by molar-refractivity contribution is 7.92. The first-order valence-corrected chi connectivity index (χ1v) is 9.03. The molecule has 3 nitrogen and oxygen atoms in total. The van der Waals surface area contributed by atoms with E-state index in [0.29, 0.717) is 12.6 Å². The Morgan fingerprint density at radius 1 is 1.11 bits per heavy atom. The van der Waals surface area contributed by atoms with Crippen LogP contribution >= 0.6 is 0 Å². The number of sulfone groups is 1. The van der Waals surface area contributed by atoms with Crippen LogP contribution in [0.5, 0.6) is 0 Å². The molecule has 1 atom stereocenters. The molecule has 0 rings (SSSR count). The Kier molecular flexibility index (Phi) is 8.11. The molecule has 18 heavy (non-hydrogen) atoms. The second-order valence-electron chi connectivity index (χ2n) is 6.02. The van der Waals surface area contributed by atoms with Crippen molar-refractivity contribution >= 4 is 9.84 Å². The van der Waals surface area contributed by atoms with Crippen LogP contribution in [0.3, 0.4) is 0 Å². The smallest absolute Gasteiger partial charge is 0.153 e. The zero-order chi connectivity index (χ0) is 14.2. The van der Waals surface area contributed by atoms with Gasteiger partial charge in [0, 0.05) is 18.8 Å². The van der Waals surface area contributed by atoms with E-state index < -0.39 is 14.6 Å². The molecule has 0 radical (unpaired) electrons. The topological polar surface area (TPSA) is 46.2 Å². The Hall–Kier alpha value is -0.0900. The highest BCUT2D eigenvalue weighted by Gasteiger charge is 2.29. The minimum absolute atomic E-state index is 0.396. The number of unbranched alkanes of at least 4 members (excludes halogenated alkanes) is 4. The van der Waals surface area contributed by atoms with Crippen molar-refractivity contribution < 1.29 is 8.42 Å². The van der Waals surface area contributed by atoms with Crippen molar-refractivity contribution in [3.63, 3.8) is 0 Å². The van der Waals surface area contributed by atoms with Crippen molar-refractivity contribution in [1.82, 2.24) is 5.32 Å². The summed E-state index contributed by atoms with van der Waals surface area (Å²) in [6, 6.07) is 0.396. The number of nitrogens with one attached hydrogen (secondary N) is 1. The quantitative estimate of drug-likeness (QED) is 0.624. The van der Waals surface area contributed by atoms with E-state index in [4.69, 9.17) is 0 Å². The van der Waals surface area contributed by atoms with Crippen LogP contribution in [-0.4, -0.2) is 32.0 Å². The fourth-order valence-corrected chi connectivity index (χ4v) is 2.05. The summed E-state index contributed by atoms with van der Waals surface area (Å²) in [4.78, 5) is 0. The van der Waals surface area contributed by atoms with Crippen LogP contribution in [0, 0.1) is 0 Å². The van der Waals surface area contributed by atoms with Crippen LogP contribution in [0.4, 0.5) is 0 Å². The largest absolute Gasteiger partial charge is 0.313 e. The monoisotopic (exact) mass is 277 g/mol. The molecule has 4 heteroatoms. The van der Waals surface area contributed by atoms with Gasteiger partial charge in [-0.05, 0) is 27.2 Å². The highest BCUT2D eigenvalue weighted by atomic mass is 32.2. The summed E-state index contributed by atoms with van der Waals surface area (Å²) in [6.07, 6.45) is 8.87. The average molecular weight is 277 g/mol. The van der Waals surface area contributed by atoms with Gasteiger partial charge in [-0.25, -0.2) is 8.42 Å². The summed E-state index contributed by atoms with van der Waals surface area (Å²) < 4.78 is 22.4. The van der Waals surface area contributed by atoms with Gasteiger partial charge >= 0.3 is 0 Å². The Bertz CT molecular complexity index is 310. The third-order valence-electron chi connectivity index (χ3n) is 3.62. The van der Waals surface area contributed by atoms with Gasteiger partial charge in [0.15, 0.2) is 9.84 Å². The molecule has 0 saturated carbocycles. The van der Waals surface area contributed by atoms with Crippen molar-refractivity contribution in [1.29, 1.82) is 0 Å². The van der Waals surface area contributed by atoms with Crippen LogP contribution in [0.15, 0.2) is 0 Å². The highest BCUT2D eigenvalue weighted by Crippen LogP contribution is 2.14. The van der Waals surface area contributed by atoms with Crippen LogP contribution < -0.4 is 5.32 Å². The Balaban J connectivity index is 3.80. The second kappa shape index (κ2) is 8.16. The van der Waals surface area contributed by atoms with Crippen molar-refractivity contribution in [2.24, 2.45) is 0 Å². The molecule has 0 aliphatic rings. The van der Waals surface area contributed by atoms with Crippen molar-refractivity contribution in [3.8, 4) is 0 Å². The lowest BCUT2D eigenvalue weighted by molar-refractivity contribution is 0.447. The summed E-state index contributed by atoms with van der Waals surface area (Å²) in [5.41, 5.74) is 0. The zero-order valence-corrected chi connectivity index (χ0v) is 13.6. The Morgan fingerprint density at radius 2 is 1.67 bits per heavy atom. The van der Waals surface area contributed by atoms with E-state index in [1.54, 1.807) is 13.8 Å². The Morgan fingerprint density at radius 3 is 2.17 bits per heavy atom. The maximum atomic E-state index is 11.6. The van der Waals surface area contributed by atoms with E-state index in [1.165, 1.54) is 38.4 Å². The number of hydrogen-bond acceptors (Lipinski definition) is 3. The molecule has 1 N–H and O–H groups in total. The molecule has 0 saturated heterocycles. The summed E-state index contributed by atoms with van der Waals surface area (Å²) in [5.74, 6) is 0. The van der Waals surface area contributed by atoms with E-state index >= 15 is 0 Å². The van der Waals surface area contributed by atoms with Gasteiger partial charge in [0.1, 0.15) is 0 Å². The summed E-state index contributed by atoms with van der Waals surface area (Å²) in [7, 11) is -2.99. The first-order valence-electron chi connectivity index (χ1n) is 7.13. The van der Waals surface area contributed by atoms with Crippen LogP contribution in [-0.2, 0) is 9.84 Å². The van der Waals surface area contributed by atoms with E-state index in [-0.39, 0.29) is 0 Å².